The maximum atomic E-state index is 12.7. The van der Waals surface area contributed by atoms with Gasteiger partial charge < -0.3 is 15.3 Å². The molecule has 0 bridgehead atoms. The van der Waals surface area contributed by atoms with Crippen molar-refractivity contribution in [2.24, 2.45) is 44.3 Å². The summed E-state index contributed by atoms with van der Waals surface area (Å²) < 4.78 is 0. The van der Waals surface area contributed by atoms with Crippen LogP contribution < -0.4 is 0 Å². The molecule has 0 amide bonds. The Morgan fingerprint density at radius 1 is 0.941 bits per heavy atom. The largest absolute Gasteiger partial charge is 0.481 e. The summed E-state index contributed by atoms with van der Waals surface area (Å²) in [4.78, 5) is 12.7. The number of hydrogen-bond acceptors (Lipinski definition) is 3. The molecule has 3 N–H and O–H groups in total. The lowest BCUT2D eigenvalue weighted by Gasteiger charge is -2.69. The second-order valence-electron chi connectivity index (χ2n) is 14.8. The fourth-order valence-electron chi connectivity index (χ4n) is 10.1. The average Bonchev–Trinajstić information content (AvgIpc) is 2.72. The molecule has 0 aromatic heterocycles. The van der Waals surface area contributed by atoms with Crippen LogP contribution in [0.3, 0.4) is 0 Å². The maximum absolute atomic E-state index is 12.7. The van der Waals surface area contributed by atoms with Gasteiger partial charge in [0.2, 0.25) is 0 Å². The molecule has 0 heterocycles. The molecule has 0 aromatic rings. The Morgan fingerprint density at radius 2 is 1.59 bits per heavy atom. The van der Waals surface area contributed by atoms with Gasteiger partial charge in [0.25, 0.3) is 0 Å². The minimum atomic E-state index is -0.704. The van der Waals surface area contributed by atoms with Crippen LogP contribution >= 0.6 is 0 Å². The molecule has 34 heavy (non-hydrogen) atoms. The summed E-state index contributed by atoms with van der Waals surface area (Å²) in [5.74, 6) is 0.00716. The van der Waals surface area contributed by atoms with Gasteiger partial charge in [-0.25, -0.2) is 0 Å². The third kappa shape index (κ3) is 2.82. The molecule has 0 aliphatic heterocycles. The number of carboxylic acids is 1. The molecule has 0 unspecified atom stereocenters. The van der Waals surface area contributed by atoms with Gasteiger partial charge in [-0.3, -0.25) is 4.79 Å². The smallest absolute Gasteiger partial charge is 0.313 e. The molecule has 5 aliphatic carbocycles. The number of aliphatic hydroxyl groups is 2. The van der Waals surface area contributed by atoms with Gasteiger partial charge in [0, 0.05) is 0 Å². The number of rotatable bonds is 1. The van der Waals surface area contributed by atoms with Crippen molar-refractivity contribution in [2.75, 3.05) is 0 Å². The van der Waals surface area contributed by atoms with E-state index in [2.05, 4.69) is 60.6 Å². The predicted octanol–water partition coefficient (Wildman–Crippen LogP) is 6.12. The van der Waals surface area contributed by atoms with Crippen LogP contribution in [0.4, 0.5) is 0 Å². The Hall–Kier alpha value is -1.13. The third-order valence-electron chi connectivity index (χ3n) is 12.4. The minimum absolute atomic E-state index is 0.000318. The number of aliphatic hydroxyl groups excluding tert-OH is 2. The van der Waals surface area contributed by atoms with Crippen molar-refractivity contribution in [1.29, 1.82) is 0 Å². The Kier molecular flexibility index (Phi) is 5.06. The van der Waals surface area contributed by atoms with Crippen molar-refractivity contribution >= 4 is 5.97 Å². The molecule has 0 spiro atoms. The van der Waals surface area contributed by atoms with Crippen molar-refractivity contribution in [2.45, 2.75) is 112 Å². The first-order valence-corrected chi connectivity index (χ1v) is 13.6. The molecular weight excluding hydrogens is 424 g/mol. The molecule has 0 aromatic carbocycles. The van der Waals surface area contributed by atoms with Gasteiger partial charge in [-0.1, -0.05) is 60.6 Å². The van der Waals surface area contributed by atoms with Crippen LogP contribution in [0, 0.1) is 44.3 Å². The highest BCUT2D eigenvalue weighted by Crippen LogP contribution is 2.74. The fourth-order valence-corrected chi connectivity index (χ4v) is 10.1. The molecule has 190 valence electrons. The highest BCUT2D eigenvalue weighted by atomic mass is 16.4. The van der Waals surface area contributed by atoms with Crippen molar-refractivity contribution in [1.82, 2.24) is 0 Å². The van der Waals surface area contributed by atoms with E-state index in [0.29, 0.717) is 18.3 Å². The normalized spacial score (nSPS) is 51.1. The Morgan fingerprint density at radius 3 is 2.24 bits per heavy atom. The number of fused-ring (bicyclic) bond motifs is 6. The lowest BCUT2D eigenvalue weighted by Crippen LogP contribution is -2.65. The van der Waals surface area contributed by atoms with Crippen LogP contribution in [-0.4, -0.2) is 33.5 Å². The molecule has 0 saturated heterocycles. The zero-order valence-corrected chi connectivity index (χ0v) is 22.4. The Labute approximate surface area is 205 Å². The first-order chi connectivity index (χ1) is 15.6. The molecule has 0 radical (unpaired) electrons. The average molecular weight is 471 g/mol. The van der Waals surface area contributed by atoms with Crippen LogP contribution in [0.15, 0.2) is 23.3 Å². The summed E-state index contributed by atoms with van der Waals surface area (Å²) in [6, 6.07) is 0. The summed E-state index contributed by atoms with van der Waals surface area (Å²) in [7, 11) is 0. The number of carboxylic acid groups (broad SMARTS) is 1. The van der Waals surface area contributed by atoms with Crippen LogP contribution in [0.2, 0.25) is 0 Å². The lowest BCUT2D eigenvalue weighted by atomic mass is 9.35. The number of hydrogen-bond donors (Lipinski definition) is 3. The van der Waals surface area contributed by atoms with E-state index >= 15 is 0 Å². The van der Waals surface area contributed by atoms with Crippen molar-refractivity contribution in [3.05, 3.63) is 23.3 Å². The summed E-state index contributed by atoms with van der Waals surface area (Å²) in [6.07, 6.45) is 10.3. The molecule has 4 nitrogen and oxygen atoms in total. The zero-order valence-electron chi connectivity index (χ0n) is 22.4. The van der Waals surface area contributed by atoms with E-state index in [9.17, 15) is 20.1 Å². The van der Waals surface area contributed by atoms with E-state index in [-0.39, 0.29) is 27.1 Å². The van der Waals surface area contributed by atoms with E-state index < -0.39 is 23.6 Å². The number of allylic oxidation sites excluding steroid dienone is 3. The van der Waals surface area contributed by atoms with Gasteiger partial charge in [0.1, 0.15) is 0 Å². The van der Waals surface area contributed by atoms with Crippen LogP contribution in [0.1, 0.15) is 99.8 Å². The standard InChI is InChI=1S/C30H46O4/c1-25(2)12-14-30(24(33)34)15-13-28(6)18(19(30)16-25)8-9-22-27(5)17-20(31)23(32)26(3,4)21(27)10-11-29(22,28)7/h8-9,20-23,31-32H,10-17H2,1-7H3,(H,33,34)/t20-,21+,22-,23+,27+,28-,29-,30+/m0/s1. The summed E-state index contributed by atoms with van der Waals surface area (Å²) in [5.41, 5.74) is 1.43. The molecule has 5 aliphatic rings. The molecule has 4 heteroatoms. The van der Waals surface area contributed by atoms with E-state index in [1.54, 1.807) is 0 Å². The van der Waals surface area contributed by atoms with E-state index in [4.69, 9.17) is 0 Å². The van der Waals surface area contributed by atoms with Gasteiger partial charge in [-0.15, -0.1) is 0 Å². The Balaban J connectivity index is 1.68. The lowest BCUT2D eigenvalue weighted by molar-refractivity contribution is -0.217. The van der Waals surface area contributed by atoms with E-state index in [1.165, 1.54) is 11.1 Å². The molecule has 8 atom stereocenters. The zero-order chi connectivity index (χ0) is 25.1. The first kappa shape index (κ1) is 24.6. The van der Waals surface area contributed by atoms with E-state index in [1.807, 2.05) is 0 Å². The van der Waals surface area contributed by atoms with Crippen molar-refractivity contribution in [3.63, 3.8) is 0 Å². The van der Waals surface area contributed by atoms with Gasteiger partial charge in [-0.05, 0) is 101 Å². The molecule has 3 saturated carbocycles. The molecule has 3 fully saturated rings. The van der Waals surface area contributed by atoms with E-state index in [0.717, 1.165) is 44.9 Å². The maximum Gasteiger partial charge on any atom is 0.313 e. The monoisotopic (exact) mass is 470 g/mol. The van der Waals surface area contributed by atoms with Crippen LogP contribution in [0.5, 0.6) is 0 Å². The SMILES string of the molecule is CC1(C)CC[C@@]2(C(=O)O)CC[C@@]3(C)C(=C2C1)C=C[C@H]1[C@]2(C)C[C@H](O)[C@@H](O)C(C)(C)[C@H]2CC[C@@]13C. The predicted molar refractivity (Wildman–Crippen MR) is 134 cm³/mol. The minimum Gasteiger partial charge on any atom is -0.481 e. The fraction of sp³-hybridized carbons (Fsp3) is 0.833. The second-order valence-corrected chi connectivity index (χ2v) is 14.8. The summed E-state index contributed by atoms with van der Waals surface area (Å²) >= 11 is 0. The topological polar surface area (TPSA) is 77.8 Å². The van der Waals surface area contributed by atoms with Crippen LogP contribution in [0.25, 0.3) is 0 Å². The summed E-state index contributed by atoms with van der Waals surface area (Å²) in [6.45, 7) is 16.1. The molecular formula is C30H46O4. The van der Waals surface area contributed by atoms with Gasteiger partial charge in [-0.2, -0.15) is 0 Å². The highest BCUT2D eigenvalue weighted by Gasteiger charge is 2.68. The second kappa shape index (κ2) is 7.00. The number of carbonyl (C=O) groups is 1. The summed E-state index contributed by atoms with van der Waals surface area (Å²) in [5, 5.41) is 32.3. The van der Waals surface area contributed by atoms with Crippen molar-refractivity contribution in [3.8, 4) is 0 Å². The van der Waals surface area contributed by atoms with Crippen molar-refractivity contribution < 1.29 is 20.1 Å². The van der Waals surface area contributed by atoms with Gasteiger partial charge >= 0.3 is 5.97 Å². The number of aliphatic carboxylic acids is 1. The highest BCUT2D eigenvalue weighted by molar-refractivity contribution is 5.80. The first-order valence-electron chi connectivity index (χ1n) is 13.6. The van der Waals surface area contributed by atoms with Gasteiger partial charge in [0.15, 0.2) is 0 Å². The van der Waals surface area contributed by atoms with Crippen LogP contribution in [-0.2, 0) is 4.79 Å². The quantitative estimate of drug-likeness (QED) is 0.431. The third-order valence-corrected chi connectivity index (χ3v) is 12.4. The molecule has 5 rings (SSSR count). The van der Waals surface area contributed by atoms with Gasteiger partial charge in [0.05, 0.1) is 17.6 Å². The Bertz CT molecular complexity index is 974.